The third-order valence-electron chi connectivity index (χ3n) is 3.47. The van der Waals surface area contributed by atoms with Crippen LogP contribution in [-0.2, 0) is 10.0 Å². The zero-order chi connectivity index (χ0) is 17.9. The number of nitro groups is 1. The van der Waals surface area contributed by atoms with E-state index in [0.29, 0.717) is 16.9 Å². The number of benzene rings is 2. The van der Waals surface area contributed by atoms with Crippen LogP contribution >= 0.6 is 0 Å². The quantitative estimate of drug-likeness (QED) is 0.558. The van der Waals surface area contributed by atoms with Crippen LogP contribution in [0.25, 0.3) is 11.3 Å². The molecule has 0 spiro atoms. The molecule has 8 heteroatoms. The molecule has 3 rings (SSSR count). The number of non-ortho nitro benzene ring substituents is 1. The molecule has 0 saturated heterocycles. The molecule has 0 fully saturated rings. The van der Waals surface area contributed by atoms with Crippen LogP contribution in [0.1, 0.15) is 0 Å². The largest absolute Gasteiger partial charge is 0.279 e. The lowest BCUT2D eigenvalue weighted by Gasteiger charge is -2.12. The highest BCUT2D eigenvalue weighted by Gasteiger charge is 2.18. The van der Waals surface area contributed by atoms with Gasteiger partial charge in [0.15, 0.2) is 0 Å². The number of rotatable bonds is 5. The highest BCUT2D eigenvalue weighted by atomic mass is 32.2. The van der Waals surface area contributed by atoms with E-state index < -0.39 is 14.9 Å². The van der Waals surface area contributed by atoms with Crippen molar-refractivity contribution < 1.29 is 13.3 Å². The molecule has 0 unspecified atom stereocenters. The summed E-state index contributed by atoms with van der Waals surface area (Å²) in [5.74, 6) is 0. The van der Waals surface area contributed by atoms with Crippen LogP contribution in [0.5, 0.6) is 0 Å². The molecular formula is C17H13N3O4S. The monoisotopic (exact) mass is 355 g/mol. The maximum absolute atomic E-state index is 12.6. The summed E-state index contributed by atoms with van der Waals surface area (Å²) < 4.78 is 27.6. The molecule has 3 aromatic rings. The lowest BCUT2D eigenvalue weighted by Crippen LogP contribution is -2.13. The fourth-order valence-electron chi connectivity index (χ4n) is 2.27. The number of pyridine rings is 1. The molecule has 1 aromatic heterocycles. The molecular weight excluding hydrogens is 342 g/mol. The fraction of sp³-hybridized carbons (Fsp3) is 0. The Morgan fingerprint density at radius 1 is 0.920 bits per heavy atom. The van der Waals surface area contributed by atoms with Gasteiger partial charge in [0.1, 0.15) is 0 Å². The Morgan fingerprint density at radius 2 is 1.60 bits per heavy atom. The summed E-state index contributed by atoms with van der Waals surface area (Å²) in [6.45, 7) is 0. The first-order valence-electron chi connectivity index (χ1n) is 7.25. The van der Waals surface area contributed by atoms with E-state index in [-0.39, 0.29) is 10.6 Å². The fourth-order valence-corrected chi connectivity index (χ4v) is 3.35. The van der Waals surface area contributed by atoms with Crippen molar-refractivity contribution in [3.63, 3.8) is 0 Å². The molecule has 0 saturated carbocycles. The average Bonchev–Trinajstić information content (AvgIpc) is 2.63. The number of nitro benzene ring substituents is 1. The molecule has 0 atom stereocenters. The highest BCUT2D eigenvalue weighted by molar-refractivity contribution is 7.92. The van der Waals surface area contributed by atoms with Crippen LogP contribution in [0.3, 0.4) is 0 Å². The van der Waals surface area contributed by atoms with Crippen molar-refractivity contribution in [2.24, 2.45) is 0 Å². The number of hydrogen-bond donors (Lipinski definition) is 1. The first-order valence-corrected chi connectivity index (χ1v) is 8.73. The second-order valence-corrected chi connectivity index (χ2v) is 6.80. The Balaban J connectivity index is 1.95. The molecule has 25 heavy (non-hydrogen) atoms. The molecule has 126 valence electrons. The van der Waals surface area contributed by atoms with Crippen LogP contribution in [-0.4, -0.2) is 18.3 Å². The van der Waals surface area contributed by atoms with E-state index in [1.165, 1.54) is 12.1 Å². The maximum Gasteiger partial charge on any atom is 0.269 e. The van der Waals surface area contributed by atoms with Crippen LogP contribution in [0, 0.1) is 10.1 Å². The van der Waals surface area contributed by atoms with Gasteiger partial charge in [0.05, 0.1) is 21.2 Å². The third-order valence-corrected chi connectivity index (χ3v) is 4.85. The van der Waals surface area contributed by atoms with Crippen molar-refractivity contribution in [3.8, 4) is 11.3 Å². The Kier molecular flexibility index (Phi) is 4.44. The Morgan fingerprint density at radius 3 is 2.24 bits per heavy atom. The Labute approximate surface area is 144 Å². The Bertz CT molecular complexity index is 1000. The van der Waals surface area contributed by atoms with Gasteiger partial charge in [-0.15, -0.1) is 0 Å². The number of hydrogen-bond acceptors (Lipinski definition) is 5. The van der Waals surface area contributed by atoms with E-state index in [1.54, 1.807) is 42.6 Å². The van der Waals surface area contributed by atoms with Crippen molar-refractivity contribution in [1.29, 1.82) is 0 Å². The summed E-state index contributed by atoms with van der Waals surface area (Å²) in [6.07, 6.45) is 1.62. The van der Waals surface area contributed by atoms with Crippen LogP contribution in [0.15, 0.2) is 77.8 Å². The van der Waals surface area contributed by atoms with Gasteiger partial charge < -0.3 is 0 Å². The van der Waals surface area contributed by atoms with Gasteiger partial charge >= 0.3 is 0 Å². The summed E-state index contributed by atoms with van der Waals surface area (Å²) in [5.41, 5.74) is 1.46. The Hall–Kier alpha value is -3.26. The number of nitrogens with zero attached hydrogens (tertiary/aromatic N) is 2. The van der Waals surface area contributed by atoms with Crippen molar-refractivity contribution in [2.45, 2.75) is 4.90 Å². The van der Waals surface area contributed by atoms with Gasteiger partial charge in [-0.2, -0.15) is 0 Å². The second kappa shape index (κ2) is 6.70. The normalized spacial score (nSPS) is 11.0. The van der Waals surface area contributed by atoms with Gasteiger partial charge in [-0.25, -0.2) is 8.42 Å². The van der Waals surface area contributed by atoms with E-state index in [1.807, 2.05) is 6.07 Å². The highest BCUT2D eigenvalue weighted by Crippen LogP contribution is 2.28. The number of aromatic nitrogens is 1. The lowest BCUT2D eigenvalue weighted by molar-refractivity contribution is -0.384. The standard InChI is InChI=1S/C17H13N3O4S/c21-20(22)13-8-10-14(11-9-13)25(23,24)19-17-7-2-1-5-15(17)16-6-3-4-12-18-16/h1-12,19H. The zero-order valence-corrected chi connectivity index (χ0v) is 13.7. The van der Waals surface area contributed by atoms with E-state index >= 15 is 0 Å². The van der Waals surface area contributed by atoms with E-state index in [2.05, 4.69) is 9.71 Å². The summed E-state index contributed by atoms with van der Waals surface area (Å²) in [5, 5.41) is 10.7. The second-order valence-electron chi connectivity index (χ2n) is 5.12. The summed E-state index contributed by atoms with van der Waals surface area (Å²) in [4.78, 5) is 14.3. The topological polar surface area (TPSA) is 102 Å². The van der Waals surface area contributed by atoms with Gasteiger partial charge in [-0.1, -0.05) is 24.3 Å². The predicted octanol–water partition coefficient (Wildman–Crippen LogP) is 3.46. The van der Waals surface area contributed by atoms with Crippen molar-refractivity contribution in [2.75, 3.05) is 4.72 Å². The third kappa shape index (κ3) is 3.64. The molecule has 7 nitrogen and oxygen atoms in total. The first kappa shape index (κ1) is 16.6. The minimum atomic E-state index is -3.89. The van der Waals surface area contributed by atoms with Gasteiger partial charge in [-0.3, -0.25) is 19.8 Å². The number of para-hydroxylation sites is 1. The molecule has 2 aromatic carbocycles. The SMILES string of the molecule is O=[N+]([O-])c1ccc(S(=O)(=O)Nc2ccccc2-c2ccccn2)cc1. The molecule has 0 radical (unpaired) electrons. The first-order chi connectivity index (χ1) is 12.0. The van der Waals surface area contributed by atoms with Crippen molar-refractivity contribution in [3.05, 3.63) is 83.0 Å². The van der Waals surface area contributed by atoms with Gasteiger partial charge in [-0.05, 0) is 30.3 Å². The predicted molar refractivity (Wildman–Crippen MR) is 93.6 cm³/mol. The summed E-state index contributed by atoms with van der Waals surface area (Å²) in [6, 6.07) is 16.9. The molecule has 1 heterocycles. The number of anilines is 1. The van der Waals surface area contributed by atoms with E-state index in [0.717, 1.165) is 12.1 Å². The van der Waals surface area contributed by atoms with Gasteiger partial charge in [0, 0.05) is 23.9 Å². The molecule has 0 amide bonds. The van der Waals surface area contributed by atoms with Crippen molar-refractivity contribution in [1.82, 2.24) is 4.98 Å². The van der Waals surface area contributed by atoms with Crippen molar-refractivity contribution >= 4 is 21.4 Å². The smallest absolute Gasteiger partial charge is 0.269 e. The summed E-state index contributed by atoms with van der Waals surface area (Å²) in [7, 11) is -3.89. The van der Waals surface area contributed by atoms with Crippen LogP contribution in [0.2, 0.25) is 0 Å². The molecule has 0 bridgehead atoms. The molecule has 1 N–H and O–H groups in total. The van der Waals surface area contributed by atoms with Crippen LogP contribution in [0.4, 0.5) is 11.4 Å². The average molecular weight is 355 g/mol. The van der Waals surface area contributed by atoms with E-state index in [4.69, 9.17) is 0 Å². The molecule has 0 aliphatic rings. The summed E-state index contributed by atoms with van der Waals surface area (Å²) >= 11 is 0. The number of nitrogens with one attached hydrogen (secondary N) is 1. The van der Waals surface area contributed by atoms with Gasteiger partial charge in [0.2, 0.25) is 0 Å². The zero-order valence-electron chi connectivity index (χ0n) is 12.9. The van der Waals surface area contributed by atoms with Crippen LogP contribution < -0.4 is 4.72 Å². The maximum atomic E-state index is 12.6. The minimum Gasteiger partial charge on any atom is -0.279 e. The molecule has 0 aliphatic heterocycles. The lowest BCUT2D eigenvalue weighted by atomic mass is 10.1. The molecule has 0 aliphatic carbocycles. The van der Waals surface area contributed by atoms with Gasteiger partial charge in [0.25, 0.3) is 15.7 Å². The minimum absolute atomic E-state index is 0.0612. The van der Waals surface area contributed by atoms with E-state index in [9.17, 15) is 18.5 Å². The number of sulfonamides is 1.